The van der Waals surface area contributed by atoms with Crippen LogP contribution in [0, 0.1) is 0 Å². The number of halogens is 4. The van der Waals surface area contributed by atoms with Crippen molar-refractivity contribution in [2.45, 2.75) is 24.9 Å². The molecule has 3 aromatic rings. The van der Waals surface area contributed by atoms with Crippen molar-refractivity contribution < 1.29 is 18.0 Å². The number of piperidine rings is 1. The molecule has 142 valence electrons. The van der Waals surface area contributed by atoms with Crippen LogP contribution < -0.4 is 0 Å². The molecule has 3 aromatic heterocycles. The second-order valence-corrected chi connectivity index (χ2v) is 8.01. The number of hydrogen-bond donors (Lipinski definition) is 0. The van der Waals surface area contributed by atoms with Gasteiger partial charge in [0.25, 0.3) is 5.91 Å². The normalized spacial score (nSPS) is 16.2. The highest BCUT2D eigenvalue weighted by Gasteiger charge is 2.35. The van der Waals surface area contributed by atoms with Gasteiger partial charge in [-0.25, -0.2) is 9.50 Å². The topological polar surface area (TPSA) is 50.5 Å². The lowest BCUT2D eigenvalue weighted by atomic mass is 9.97. The summed E-state index contributed by atoms with van der Waals surface area (Å²) in [5, 5.41) is 5.88. The van der Waals surface area contributed by atoms with Gasteiger partial charge in [-0.05, 0) is 40.9 Å². The lowest BCUT2D eigenvalue weighted by Gasteiger charge is -2.30. The Hall–Kier alpha value is -1.94. The summed E-state index contributed by atoms with van der Waals surface area (Å²) in [4.78, 5) is 18.3. The molecule has 0 radical (unpaired) electrons. The van der Waals surface area contributed by atoms with Crippen LogP contribution in [0.15, 0.2) is 34.2 Å². The first-order valence-electron chi connectivity index (χ1n) is 8.29. The molecule has 1 aliphatic heterocycles. The van der Waals surface area contributed by atoms with E-state index in [1.54, 1.807) is 15.6 Å². The summed E-state index contributed by atoms with van der Waals surface area (Å²) in [6.07, 6.45) is -1.48. The van der Waals surface area contributed by atoms with Gasteiger partial charge in [-0.15, -0.1) is 11.3 Å². The summed E-state index contributed by atoms with van der Waals surface area (Å²) < 4.78 is 40.5. The molecule has 4 rings (SSSR count). The summed E-state index contributed by atoms with van der Waals surface area (Å²) in [5.74, 6) is -0.237. The molecule has 0 atom stereocenters. The van der Waals surface area contributed by atoms with Crippen LogP contribution in [0.2, 0.25) is 0 Å². The van der Waals surface area contributed by atoms with Crippen LogP contribution in [-0.2, 0) is 6.18 Å². The third-order valence-corrected chi connectivity index (χ3v) is 6.42. The van der Waals surface area contributed by atoms with E-state index in [9.17, 15) is 18.0 Å². The Bertz CT molecular complexity index is 992. The average molecular weight is 459 g/mol. The number of carbonyl (C=O) groups excluding carboxylic acids is 1. The number of pyridine rings is 1. The molecule has 5 nitrogen and oxygen atoms in total. The van der Waals surface area contributed by atoms with Crippen LogP contribution >= 0.6 is 27.3 Å². The zero-order chi connectivity index (χ0) is 19.2. The molecule has 4 heterocycles. The molecule has 1 aliphatic rings. The Kier molecular flexibility index (Phi) is 4.71. The number of nitrogens with zero attached hydrogens (tertiary/aromatic N) is 4. The molecule has 1 fully saturated rings. The van der Waals surface area contributed by atoms with E-state index in [0.29, 0.717) is 41.1 Å². The minimum atomic E-state index is -4.42. The van der Waals surface area contributed by atoms with Crippen molar-refractivity contribution >= 4 is 38.7 Å². The van der Waals surface area contributed by atoms with Crippen LogP contribution in [0.1, 0.15) is 39.9 Å². The number of likely N-dealkylation sites (tertiary alicyclic amines) is 1. The SMILES string of the molecule is O=C(c1nn2ccccc2c1Br)N1CCC(c2nc(C(F)(F)F)cs2)CC1. The minimum absolute atomic E-state index is 0.0559. The molecule has 0 N–H and O–H groups in total. The van der Waals surface area contributed by atoms with Crippen LogP contribution in [0.25, 0.3) is 5.52 Å². The fourth-order valence-corrected chi connectivity index (χ4v) is 4.75. The molecule has 10 heteroatoms. The van der Waals surface area contributed by atoms with Gasteiger partial charge in [0, 0.05) is 30.6 Å². The van der Waals surface area contributed by atoms with Gasteiger partial charge in [0.15, 0.2) is 11.4 Å². The fourth-order valence-electron chi connectivity index (χ4n) is 3.19. The maximum absolute atomic E-state index is 12.8. The number of rotatable bonds is 2. The van der Waals surface area contributed by atoms with Crippen molar-refractivity contribution in [2.75, 3.05) is 13.1 Å². The Morgan fingerprint density at radius 2 is 2.00 bits per heavy atom. The summed E-state index contributed by atoms with van der Waals surface area (Å²) in [7, 11) is 0. The van der Waals surface area contributed by atoms with Crippen molar-refractivity contribution in [3.8, 4) is 0 Å². The Morgan fingerprint density at radius 3 is 2.63 bits per heavy atom. The number of amides is 1. The number of hydrogen-bond acceptors (Lipinski definition) is 4. The molecular formula is C17H14BrF3N4OS. The lowest BCUT2D eigenvalue weighted by Crippen LogP contribution is -2.38. The van der Waals surface area contributed by atoms with Crippen molar-refractivity contribution in [3.05, 3.63) is 50.6 Å². The Labute approximate surface area is 164 Å². The first kappa shape index (κ1) is 18.4. The first-order chi connectivity index (χ1) is 12.8. The van der Waals surface area contributed by atoms with Gasteiger partial charge in [-0.2, -0.15) is 18.3 Å². The van der Waals surface area contributed by atoms with Crippen LogP contribution in [0.5, 0.6) is 0 Å². The van der Waals surface area contributed by atoms with E-state index in [0.717, 1.165) is 22.2 Å². The fraction of sp³-hybridized carbons (Fsp3) is 0.353. The average Bonchev–Trinajstić information content (AvgIpc) is 3.27. The van der Waals surface area contributed by atoms with E-state index in [1.165, 1.54) is 0 Å². The zero-order valence-corrected chi connectivity index (χ0v) is 16.3. The monoisotopic (exact) mass is 458 g/mol. The van der Waals surface area contributed by atoms with E-state index < -0.39 is 11.9 Å². The second kappa shape index (κ2) is 6.90. The molecule has 0 spiro atoms. The van der Waals surface area contributed by atoms with E-state index in [-0.39, 0.29) is 11.8 Å². The smallest absolute Gasteiger partial charge is 0.337 e. The highest BCUT2D eigenvalue weighted by atomic mass is 79.9. The number of thiazole rings is 1. The highest BCUT2D eigenvalue weighted by Crippen LogP contribution is 2.36. The summed E-state index contributed by atoms with van der Waals surface area (Å²) in [5.41, 5.74) is 0.307. The third kappa shape index (κ3) is 3.47. The van der Waals surface area contributed by atoms with Crippen molar-refractivity contribution in [1.82, 2.24) is 19.5 Å². The van der Waals surface area contributed by atoms with Gasteiger partial charge in [-0.1, -0.05) is 6.07 Å². The lowest BCUT2D eigenvalue weighted by molar-refractivity contribution is -0.140. The van der Waals surface area contributed by atoms with Gasteiger partial charge in [0.05, 0.1) is 15.0 Å². The number of alkyl halides is 3. The third-order valence-electron chi connectivity index (χ3n) is 4.63. The quantitative estimate of drug-likeness (QED) is 0.564. The molecule has 0 bridgehead atoms. The molecular weight excluding hydrogens is 445 g/mol. The Morgan fingerprint density at radius 1 is 1.26 bits per heavy atom. The maximum atomic E-state index is 12.8. The first-order valence-corrected chi connectivity index (χ1v) is 9.96. The molecule has 0 saturated carbocycles. The second-order valence-electron chi connectivity index (χ2n) is 6.33. The van der Waals surface area contributed by atoms with Crippen molar-refractivity contribution in [3.63, 3.8) is 0 Å². The van der Waals surface area contributed by atoms with Crippen LogP contribution in [0.3, 0.4) is 0 Å². The summed E-state index contributed by atoms with van der Waals surface area (Å²) in [6, 6.07) is 5.56. The van der Waals surface area contributed by atoms with E-state index >= 15 is 0 Å². The van der Waals surface area contributed by atoms with Gasteiger partial charge in [-0.3, -0.25) is 4.79 Å². The predicted molar refractivity (Wildman–Crippen MR) is 97.9 cm³/mol. The molecule has 27 heavy (non-hydrogen) atoms. The minimum Gasteiger partial charge on any atom is -0.337 e. The molecule has 0 aliphatic carbocycles. The predicted octanol–water partition coefficient (Wildman–Crippen LogP) is 4.59. The van der Waals surface area contributed by atoms with Gasteiger partial charge in [0.1, 0.15) is 0 Å². The number of carbonyl (C=O) groups is 1. The van der Waals surface area contributed by atoms with Crippen LogP contribution in [-0.4, -0.2) is 38.5 Å². The molecule has 0 aromatic carbocycles. The maximum Gasteiger partial charge on any atom is 0.434 e. The van der Waals surface area contributed by atoms with E-state index in [1.807, 2.05) is 18.2 Å². The largest absolute Gasteiger partial charge is 0.434 e. The van der Waals surface area contributed by atoms with Gasteiger partial charge >= 0.3 is 6.18 Å². The van der Waals surface area contributed by atoms with Gasteiger partial charge in [0.2, 0.25) is 0 Å². The van der Waals surface area contributed by atoms with Crippen molar-refractivity contribution in [1.29, 1.82) is 0 Å². The number of aromatic nitrogens is 3. The summed E-state index contributed by atoms with van der Waals surface area (Å²) >= 11 is 4.48. The number of fused-ring (bicyclic) bond motifs is 1. The highest BCUT2D eigenvalue weighted by molar-refractivity contribution is 9.10. The zero-order valence-electron chi connectivity index (χ0n) is 13.9. The standard InChI is InChI=1S/C17H14BrF3N4OS/c18-13-11-3-1-2-6-25(11)23-14(13)16(26)24-7-4-10(5-8-24)15-22-12(9-27-15)17(19,20)21/h1-3,6,9-10H,4-5,7-8H2. The molecule has 1 amide bonds. The van der Waals surface area contributed by atoms with Gasteiger partial charge < -0.3 is 4.90 Å². The molecule has 0 unspecified atom stereocenters. The Balaban J connectivity index is 1.46. The van der Waals surface area contributed by atoms with Crippen molar-refractivity contribution in [2.24, 2.45) is 0 Å². The molecule has 1 saturated heterocycles. The van der Waals surface area contributed by atoms with E-state index in [4.69, 9.17) is 0 Å². The summed E-state index contributed by atoms with van der Waals surface area (Å²) in [6.45, 7) is 0.926. The van der Waals surface area contributed by atoms with E-state index in [2.05, 4.69) is 26.0 Å². The van der Waals surface area contributed by atoms with Crippen LogP contribution in [0.4, 0.5) is 13.2 Å².